The van der Waals surface area contributed by atoms with Gasteiger partial charge in [-0.1, -0.05) is 23.7 Å². The SMILES string of the molecule is CCOc1cc(/C=C/C(=O)NCc2cccc(OC(F)F)c2)cc(Cl)c1OC. The molecule has 0 saturated carbocycles. The molecule has 28 heavy (non-hydrogen) atoms. The smallest absolute Gasteiger partial charge is 0.387 e. The number of carbonyl (C=O) groups is 1. The summed E-state index contributed by atoms with van der Waals surface area (Å²) in [6.45, 7) is -0.457. The van der Waals surface area contributed by atoms with Gasteiger partial charge in [-0.3, -0.25) is 4.79 Å². The molecule has 0 unspecified atom stereocenters. The molecule has 5 nitrogen and oxygen atoms in total. The first kappa shape index (κ1) is 21.5. The van der Waals surface area contributed by atoms with Crippen LogP contribution < -0.4 is 19.5 Å². The monoisotopic (exact) mass is 411 g/mol. The fourth-order valence-corrected chi connectivity index (χ4v) is 2.69. The molecule has 2 rings (SSSR count). The molecule has 0 atom stereocenters. The van der Waals surface area contributed by atoms with Crippen LogP contribution in [0.3, 0.4) is 0 Å². The molecule has 0 heterocycles. The summed E-state index contributed by atoms with van der Waals surface area (Å²) in [6.07, 6.45) is 2.92. The zero-order valence-electron chi connectivity index (χ0n) is 15.4. The Morgan fingerprint density at radius 3 is 2.75 bits per heavy atom. The van der Waals surface area contributed by atoms with E-state index >= 15 is 0 Å². The van der Waals surface area contributed by atoms with Crippen molar-refractivity contribution in [3.05, 3.63) is 58.6 Å². The molecule has 1 amide bonds. The maximum atomic E-state index is 12.3. The normalized spacial score (nSPS) is 10.9. The number of amides is 1. The fraction of sp³-hybridized carbons (Fsp3) is 0.250. The van der Waals surface area contributed by atoms with E-state index in [0.29, 0.717) is 34.3 Å². The van der Waals surface area contributed by atoms with E-state index in [4.69, 9.17) is 21.1 Å². The highest BCUT2D eigenvalue weighted by Crippen LogP contribution is 2.36. The van der Waals surface area contributed by atoms with Crippen molar-refractivity contribution in [3.63, 3.8) is 0 Å². The van der Waals surface area contributed by atoms with Crippen LogP contribution in [0.4, 0.5) is 8.78 Å². The van der Waals surface area contributed by atoms with Crippen LogP contribution in [0.2, 0.25) is 5.02 Å². The topological polar surface area (TPSA) is 56.8 Å². The molecule has 0 aliphatic heterocycles. The lowest BCUT2D eigenvalue weighted by molar-refractivity contribution is -0.116. The summed E-state index contributed by atoms with van der Waals surface area (Å²) in [6, 6.07) is 9.49. The van der Waals surface area contributed by atoms with Crippen LogP contribution in [0.15, 0.2) is 42.5 Å². The first-order valence-corrected chi connectivity index (χ1v) is 8.80. The minimum Gasteiger partial charge on any atom is -0.491 e. The lowest BCUT2D eigenvalue weighted by atomic mass is 10.1. The van der Waals surface area contributed by atoms with Crippen LogP contribution in [0.1, 0.15) is 18.1 Å². The van der Waals surface area contributed by atoms with Crippen LogP contribution in [0, 0.1) is 0 Å². The van der Waals surface area contributed by atoms with E-state index in [2.05, 4.69) is 10.1 Å². The van der Waals surface area contributed by atoms with E-state index in [0.717, 1.165) is 0 Å². The Morgan fingerprint density at radius 2 is 2.07 bits per heavy atom. The molecule has 0 aliphatic carbocycles. The summed E-state index contributed by atoms with van der Waals surface area (Å²) < 4.78 is 39.5. The molecular weight excluding hydrogens is 392 g/mol. The highest BCUT2D eigenvalue weighted by Gasteiger charge is 2.10. The molecular formula is C20H20ClF2NO4. The minimum absolute atomic E-state index is 0.0358. The van der Waals surface area contributed by atoms with Crippen molar-refractivity contribution < 1.29 is 27.8 Å². The quantitative estimate of drug-likeness (QED) is 0.609. The maximum absolute atomic E-state index is 12.3. The Hall–Kier alpha value is -2.80. The van der Waals surface area contributed by atoms with Crippen molar-refractivity contribution in [2.45, 2.75) is 20.1 Å². The van der Waals surface area contributed by atoms with Crippen LogP contribution in [-0.4, -0.2) is 26.2 Å². The summed E-state index contributed by atoms with van der Waals surface area (Å²) in [4.78, 5) is 12.0. The summed E-state index contributed by atoms with van der Waals surface area (Å²) in [5, 5.41) is 3.03. The largest absolute Gasteiger partial charge is 0.491 e. The first-order chi connectivity index (χ1) is 13.4. The van der Waals surface area contributed by atoms with Gasteiger partial charge in [0.05, 0.1) is 18.7 Å². The van der Waals surface area contributed by atoms with Gasteiger partial charge in [0, 0.05) is 12.6 Å². The molecule has 1 N–H and O–H groups in total. The lowest BCUT2D eigenvalue weighted by Gasteiger charge is -2.11. The van der Waals surface area contributed by atoms with Gasteiger partial charge < -0.3 is 19.5 Å². The van der Waals surface area contributed by atoms with Crippen molar-refractivity contribution >= 4 is 23.6 Å². The first-order valence-electron chi connectivity index (χ1n) is 8.43. The molecule has 0 spiro atoms. The van der Waals surface area contributed by atoms with E-state index in [1.807, 2.05) is 6.92 Å². The number of rotatable bonds is 9. The highest BCUT2D eigenvalue weighted by atomic mass is 35.5. The number of alkyl halides is 2. The van der Waals surface area contributed by atoms with Crippen LogP contribution in [0.5, 0.6) is 17.2 Å². The molecule has 0 fully saturated rings. The van der Waals surface area contributed by atoms with Gasteiger partial charge in [0.25, 0.3) is 0 Å². The summed E-state index contributed by atoms with van der Waals surface area (Å²) >= 11 is 6.17. The standard InChI is InChI=1S/C20H20ClF2NO4/c1-3-27-17-11-13(10-16(21)19(17)26-2)7-8-18(25)24-12-14-5-4-6-15(9-14)28-20(22)23/h4-11,20H,3,12H2,1-2H3,(H,24,25)/b8-7+. The minimum atomic E-state index is -2.90. The van der Waals surface area contributed by atoms with Gasteiger partial charge in [0.15, 0.2) is 11.5 Å². The molecule has 0 aromatic heterocycles. The van der Waals surface area contributed by atoms with Gasteiger partial charge in [-0.25, -0.2) is 0 Å². The maximum Gasteiger partial charge on any atom is 0.387 e. The van der Waals surface area contributed by atoms with E-state index in [1.54, 1.807) is 30.3 Å². The van der Waals surface area contributed by atoms with Crippen molar-refractivity contribution in [1.82, 2.24) is 5.32 Å². The number of benzene rings is 2. The van der Waals surface area contributed by atoms with Crippen LogP contribution in [0.25, 0.3) is 6.08 Å². The molecule has 0 bridgehead atoms. The van der Waals surface area contributed by atoms with Crippen molar-refractivity contribution in [3.8, 4) is 17.2 Å². The Morgan fingerprint density at radius 1 is 1.29 bits per heavy atom. The van der Waals surface area contributed by atoms with Crippen LogP contribution >= 0.6 is 11.6 Å². The van der Waals surface area contributed by atoms with Gasteiger partial charge >= 0.3 is 6.61 Å². The summed E-state index contributed by atoms with van der Waals surface area (Å²) in [7, 11) is 1.49. The third kappa shape index (κ3) is 6.42. The number of ether oxygens (including phenoxy) is 3. The van der Waals surface area contributed by atoms with Crippen molar-refractivity contribution in [2.75, 3.05) is 13.7 Å². The molecule has 0 saturated heterocycles. The lowest BCUT2D eigenvalue weighted by Crippen LogP contribution is -2.20. The number of hydrogen-bond acceptors (Lipinski definition) is 4. The molecule has 8 heteroatoms. The molecule has 0 aliphatic rings. The molecule has 2 aromatic rings. The number of hydrogen-bond donors (Lipinski definition) is 1. The zero-order valence-corrected chi connectivity index (χ0v) is 16.1. The second-order valence-electron chi connectivity index (χ2n) is 5.54. The highest BCUT2D eigenvalue weighted by molar-refractivity contribution is 6.32. The molecule has 2 aromatic carbocycles. The van der Waals surface area contributed by atoms with Crippen molar-refractivity contribution in [2.24, 2.45) is 0 Å². The fourth-order valence-electron chi connectivity index (χ4n) is 2.40. The Balaban J connectivity index is 2.00. The zero-order chi connectivity index (χ0) is 20.5. The molecule has 150 valence electrons. The number of nitrogens with one attached hydrogen (secondary N) is 1. The average Bonchev–Trinajstić information content (AvgIpc) is 2.64. The van der Waals surface area contributed by atoms with Crippen LogP contribution in [-0.2, 0) is 11.3 Å². The van der Waals surface area contributed by atoms with E-state index in [-0.39, 0.29) is 18.2 Å². The Bertz CT molecular complexity index is 843. The number of methoxy groups -OCH3 is 1. The van der Waals surface area contributed by atoms with Gasteiger partial charge in [-0.2, -0.15) is 8.78 Å². The third-order valence-corrected chi connectivity index (χ3v) is 3.83. The van der Waals surface area contributed by atoms with E-state index < -0.39 is 6.61 Å². The van der Waals surface area contributed by atoms with Crippen molar-refractivity contribution in [1.29, 1.82) is 0 Å². The Labute approximate surface area is 166 Å². The third-order valence-electron chi connectivity index (χ3n) is 3.55. The number of halogens is 3. The van der Waals surface area contributed by atoms with Gasteiger partial charge in [-0.05, 0) is 48.4 Å². The van der Waals surface area contributed by atoms with Gasteiger partial charge in [-0.15, -0.1) is 0 Å². The number of carbonyl (C=O) groups excluding carboxylic acids is 1. The molecule has 0 radical (unpaired) electrons. The summed E-state index contributed by atoms with van der Waals surface area (Å²) in [5.41, 5.74) is 1.29. The predicted octanol–water partition coefficient (Wildman–Crippen LogP) is 4.68. The predicted molar refractivity (Wildman–Crippen MR) is 103 cm³/mol. The van der Waals surface area contributed by atoms with Gasteiger partial charge in [0.1, 0.15) is 5.75 Å². The summed E-state index contributed by atoms with van der Waals surface area (Å²) in [5.74, 6) is 0.586. The van der Waals surface area contributed by atoms with E-state index in [1.165, 1.54) is 25.3 Å². The van der Waals surface area contributed by atoms with E-state index in [9.17, 15) is 13.6 Å². The Kier molecular flexibility index (Phi) is 8.07. The average molecular weight is 412 g/mol. The second-order valence-corrected chi connectivity index (χ2v) is 5.95. The second kappa shape index (κ2) is 10.5. The van der Waals surface area contributed by atoms with Gasteiger partial charge in [0.2, 0.25) is 5.91 Å².